The highest BCUT2D eigenvalue weighted by atomic mass is 35.5. The van der Waals surface area contributed by atoms with Crippen molar-refractivity contribution in [2.24, 2.45) is 0 Å². The summed E-state index contributed by atoms with van der Waals surface area (Å²) < 4.78 is 3.03. The third-order valence-electron chi connectivity index (χ3n) is 6.26. The zero-order chi connectivity index (χ0) is 22.5. The number of rotatable bonds is 3. The second kappa shape index (κ2) is 7.77. The summed E-state index contributed by atoms with van der Waals surface area (Å²) in [6.07, 6.45) is 7.47. The van der Waals surface area contributed by atoms with Gasteiger partial charge < -0.3 is 0 Å². The van der Waals surface area contributed by atoms with Gasteiger partial charge in [-0.15, -0.1) is 10.2 Å². The Morgan fingerprint density at radius 2 is 1.88 bits per heavy atom. The van der Waals surface area contributed by atoms with E-state index in [0.717, 1.165) is 18.7 Å². The fourth-order valence-electron chi connectivity index (χ4n) is 4.67. The van der Waals surface area contributed by atoms with Crippen LogP contribution in [-0.4, -0.2) is 39.3 Å². The first-order valence-corrected chi connectivity index (χ1v) is 11.4. The number of H-pyrrole nitrogens is 1. The van der Waals surface area contributed by atoms with Gasteiger partial charge in [-0.1, -0.05) is 49.1 Å². The first-order valence-electron chi connectivity index (χ1n) is 11.1. The number of aryl methyl sites for hydroxylation is 1. The zero-order valence-electron chi connectivity index (χ0n) is 18.0. The number of nitrogens with one attached hydrogen (secondary N) is 1. The Balaban J connectivity index is 1.60. The van der Waals surface area contributed by atoms with Crippen LogP contribution in [0, 0.1) is 6.92 Å². The first kappa shape index (κ1) is 20.0. The SMILES string of the molecule is Cc1nc2nc3ccn(-c4n[nH]c(C5CCCCC5)n4)c(=O)c3c(-c3ccccc3Cl)n2n1. The Hall–Kier alpha value is -3.59. The van der Waals surface area contributed by atoms with Crippen molar-refractivity contribution >= 4 is 28.3 Å². The second-order valence-electron chi connectivity index (χ2n) is 8.42. The van der Waals surface area contributed by atoms with Gasteiger partial charge >= 0.3 is 0 Å². The van der Waals surface area contributed by atoms with Crippen molar-refractivity contribution in [2.75, 3.05) is 0 Å². The van der Waals surface area contributed by atoms with Crippen LogP contribution in [0.5, 0.6) is 0 Å². The second-order valence-corrected chi connectivity index (χ2v) is 8.82. The van der Waals surface area contributed by atoms with Crippen LogP contribution in [0.25, 0.3) is 33.9 Å². The summed E-state index contributed by atoms with van der Waals surface area (Å²) in [7, 11) is 0. The highest BCUT2D eigenvalue weighted by molar-refractivity contribution is 6.33. The minimum absolute atomic E-state index is 0.292. The number of aromatic amines is 1. The lowest BCUT2D eigenvalue weighted by molar-refractivity contribution is 0.429. The largest absolute Gasteiger partial charge is 0.269 e. The molecule has 0 aliphatic heterocycles. The van der Waals surface area contributed by atoms with E-state index in [9.17, 15) is 4.79 Å². The summed E-state index contributed by atoms with van der Waals surface area (Å²) in [5.41, 5.74) is 1.44. The molecule has 0 atom stereocenters. The molecule has 5 aromatic rings. The molecule has 0 amide bonds. The predicted molar refractivity (Wildman–Crippen MR) is 125 cm³/mol. The molecule has 1 fully saturated rings. The van der Waals surface area contributed by atoms with E-state index in [1.807, 2.05) is 18.2 Å². The molecule has 1 aliphatic carbocycles. The smallest absolute Gasteiger partial charge is 0.268 e. The molecule has 0 radical (unpaired) electrons. The van der Waals surface area contributed by atoms with Gasteiger partial charge in [-0.25, -0.2) is 9.55 Å². The summed E-state index contributed by atoms with van der Waals surface area (Å²) in [4.78, 5) is 27.4. The summed E-state index contributed by atoms with van der Waals surface area (Å²) >= 11 is 6.54. The Labute approximate surface area is 193 Å². The minimum atomic E-state index is -0.292. The molecular weight excluding hydrogens is 440 g/mol. The summed E-state index contributed by atoms with van der Waals surface area (Å²) in [6.45, 7) is 1.79. The number of pyridine rings is 1. The normalized spacial score (nSPS) is 15.0. The van der Waals surface area contributed by atoms with E-state index in [0.29, 0.717) is 50.7 Å². The van der Waals surface area contributed by atoms with Crippen molar-refractivity contribution < 1.29 is 0 Å². The van der Waals surface area contributed by atoms with Gasteiger partial charge in [0.25, 0.3) is 17.3 Å². The summed E-state index contributed by atoms with van der Waals surface area (Å²) in [5.74, 6) is 2.47. The average molecular weight is 461 g/mol. The van der Waals surface area contributed by atoms with Gasteiger partial charge in [0, 0.05) is 22.7 Å². The zero-order valence-corrected chi connectivity index (χ0v) is 18.7. The lowest BCUT2D eigenvalue weighted by Gasteiger charge is -2.18. The molecule has 0 bridgehead atoms. The van der Waals surface area contributed by atoms with Crippen LogP contribution in [0.1, 0.15) is 49.7 Å². The molecule has 0 saturated heterocycles. The molecule has 0 unspecified atom stereocenters. The van der Waals surface area contributed by atoms with Crippen LogP contribution in [0.3, 0.4) is 0 Å². The van der Waals surface area contributed by atoms with E-state index >= 15 is 0 Å². The van der Waals surface area contributed by atoms with Crippen molar-refractivity contribution in [1.29, 1.82) is 0 Å². The van der Waals surface area contributed by atoms with E-state index in [1.54, 1.807) is 29.8 Å². The molecular formula is C23H21ClN8O. The lowest BCUT2D eigenvalue weighted by atomic mass is 9.89. The van der Waals surface area contributed by atoms with E-state index < -0.39 is 0 Å². The third-order valence-corrected chi connectivity index (χ3v) is 6.59. The number of fused-ring (bicyclic) bond motifs is 2. The molecule has 6 rings (SSSR count). The van der Waals surface area contributed by atoms with Crippen LogP contribution >= 0.6 is 11.6 Å². The first-order chi connectivity index (χ1) is 16.1. The molecule has 10 heteroatoms. The van der Waals surface area contributed by atoms with Crippen molar-refractivity contribution in [2.45, 2.75) is 44.9 Å². The van der Waals surface area contributed by atoms with Crippen LogP contribution in [0.2, 0.25) is 5.02 Å². The fourth-order valence-corrected chi connectivity index (χ4v) is 4.90. The van der Waals surface area contributed by atoms with Crippen molar-refractivity contribution in [3.8, 4) is 17.2 Å². The Morgan fingerprint density at radius 3 is 2.70 bits per heavy atom. The Kier molecular flexibility index (Phi) is 4.72. The van der Waals surface area contributed by atoms with Gasteiger partial charge in [0.2, 0.25) is 0 Å². The van der Waals surface area contributed by atoms with Crippen LogP contribution in [0.15, 0.2) is 41.3 Å². The van der Waals surface area contributed by atoms with Gasteiger partial charge in [-0.3, -0.25) is 9.89 Å². The van der Waals surface area contributed by atoms with Crippen LogP contribution in [0.4, 0.5) is 0 Å². The van der Waals surface area contributed by atoms with Gasteiger partial charge in [0.05, 0.1) is 16.6 Å². The van der Waals surface area contributed by atoms with E-state index in [2.05, 4.69) is 30.2 Å². The van der Waals surface area contributed by atoms with Crippen LogP contribution < -0.4 is 5.56 Å². The predicted octanol–water partition coefficient (Wildman–Crippen LogP) is 4.22. The quantitative estimate of drug-likeness (QED) is 0.432. The van der Waals surface area contributed by atoms with Crippen molar-refractivity contribution in [1.82, 2.24) is 39.3 Å². The molecule has 1 saturated carbocycles. The molecule has 1 aromatic carbocycles. The van der Waals surface area contributed by atoms with Gasteiger partial charge in [-0.05, 0) is 31.9 Å². The maximum atomic E-state index is 13.8. The molecule has 1 aliphatic rings. The fraction of sp³-hybridized carbons (Fsp3) is 0.304. The van der Waals surface area contributed by atoms with Crippen molar-refractivity contribution in [3.63, 3.8) is 0 Å². The standard InChI is InChI=1S/C23H21ClN8O/c1-13-25-22-26-17-11-12-31(23-27-20(28-29-23)14-7-3-2-4-8-14)21(33)18(17)19(32(22)30-13)15-9-5-6-10-16(15)24/h5-6,9-12,14H,2-4,7-8H2,1H3,(H,27,28,29). The Morgan fingerprint density at radius 1 is 1.06 bits per heavy atom. The minimum Gasteiger partial charge on any atom is -0.268 e. The number of halogens is 1. The lowest BCUT2D eigenvalue weighted by Crippen LogP contribution is -2.21. The van der Waals surface area contributed by atoms with Gasteiger partial charge in [0.15, 0.2) is 0 Å². The number of aromatic nitrogens is 8. The topological polar surface area (TPSA) is 107 Å². The average Bonchev–Trinajstić information content (AvgIpc) is 3.45. The van der Waals surface area contributed by atoms with Gasteiger partial charge in [0.1, 0.15) is 11.6 Å². The highest BCUT2D eigenvalue weighted by Gasteiger charge is 2.23. The third kappa shape index (κ3) is 3.31. The van der Waals surface area contributed by atoms with E-state index in [1.165, 1.54) is 23.8 Å². The van der Waals surface area contributed by atoms with E-state index in [-0.39, 0.29) is 5.56 Å². The van der Waals surface area contributed by atoms with Gasteiger partial charge in [-0.2, -0.15) is 14.5 Å². The molecule has 166 valence electrons. The summed E-state index contributed by atoms with van der Waals surface area (Å²) in [5, 5.41) is 12.8. The molecule has 4 aromatic heterocycles. The number of hydrogen-bond donors (Lipinski definition) is 1. The monoisotopic (exact) mass is 460 g/mol. The molecule has 4 heterocycles. The van der Waals surface area contributed by atoms with E-state index in [4.69, 9.17) is 11.6 Å². The number of hydrogen-bond acceptors (Lipinski definition) is 6. The highest BCUT2D eigenvalue weighted by Crippen LogP contribution is 2.32. The number of benzene rings is 1. The number of nitrogens with zero attached hydrogens (tertiary/aromatic N) is 7. The molecule has 9 nitrogen and oxygen atoms in total. The Bertz CT molecular complexity index is 1560. The van der Waals surface area contributed by atoms with Crippen molar-refractivity contribution in [3.05, 3.63) is 63.6 Å². The molecule has 0 spiro atoms. The summed E-state index contributed by atoms with van der Waals surface area (Å²) in [6, 6.07) is 9.13. The van der Waals surface area contributed by atoms with Crippen LogP contribution in [-0.2, 0) is 0 Å². The maximum Gasteiger partial charge on any atom is 0.269 e. The molecule has 33 heavy (non-hydrogen) atoms. The molecule has 1 N–H and O–H groups in total. The maximum absolute atomic E-state index is 13.8.